The molecule has 0 spiro atoms. The van der Waals surface area contributed by atoms with E-state index in [1.165, 1.54) is 40.6 Å². The average molecular weight is 501 g/mol. The molecule has 2 fully saturated rings. The second-order valence-corrected chi connectivity index (χ2v) is 10.4. The van der Waals surface area contributed by atoms with Crippen LogP contribution in [0.15, 0.2) is 59.0 Å². The van der Waals surface area contributed by atoms with Crippen LogP contribution in [0.5, 0.6) is 0 Å². The molecule has 9 nitrogen and oxygen atoms in total. The maximum absolute atomic E-state index is 13.0. The summed E-state index contributed by atoms with van der Waals surface area (Å²) >= 11 is 0. The van der Waals surface area contributed by atoms with Crippen molar-refractivity contribution < 1.29 is 32.6 Å². The molecule has 0 unspecified atom stereocenters. The molecule has 2 aliphatic rings. The van der Waals surface area contributed by atoms with Gasteiger partial charge in [0.25, 0.3) is 11.7 Å². The van der Waals surface area contributed by atoms with Crippen LogP contribution in [0, 0.1) is 6.92 Å². The van der Waals surface area contributed by atoms with Crippen molar-refractivity contribution in [3.63, 3.8) is 0 Å². The van der Waals surface area contributed by atoms with Crippen LogP contribution in [-0.4, -0.2) is 81.0 Å². The zero-order valence-electron chi connectivity index (χ0n) is 19.6. The highest BCUT2D eigenvalue weighted by molar-refractivity contribution is 7.89. The topological polar surface area (TPSA) is 113 Å². The molecule has 2 saturated heterocycles. The van der Waals surface area contributed by atoms with Crippen molar-refractivity contribution in [2.45, 2.75) is 17.9 Å². The highest BCUT2D eigenvalue weighted by Crippen LogP contribution is 2.39. The number of methoxy groups -OCH3 is 1. The van der Waals surface area contributed by atoms with Gasteiger partial charge in [-0.3, -0.25) is 9.59 Å². The Morgan fingerprint density at radius 1 is 1.06 bits per heavy atom. The van der Waals surface area contributed by atoms with Crippen LogP contribution in [-0.2, 0) is 29.1 Å². The molecule has 186 valence electrons. The number of aliphatic hydroxyl groups excluding tert-OH is 1. The van der Waals surface area contributed by atoms with Gasteiger partial charge in [-0.2, -0.15) is 4.31 Å². The zero-order valence-corrected chi connectivity index (χ0v) is 20.5. The minimum absolute atomic E-state index is 0.0428. The summed E-state index contributed by atoms with van der Waals surface area (Å²) in [6.07, 6.45) is 0. The molecule has 0 aliphatic carbocycles. The number of likely N-dealkylation sites (tertiary alicyclic amines) is 1. The SMILES string of the molecule is COCCN1C(=O)C(=O)/C(=C(/O)c2ccc(S(=O)(=O)N3CCOCC3)cc2)[C@H]1c1ccc(C)cc1. The van der Waals surface area contributed by atoms with Crippen molar-refractivity contribution in [1.82, 2.24) is 9.21 Å². The molecule has 1 N–H and O–H groups in total. The molecule has 2 aromatic carbocycles. The van der Waals surface area contributed by atoms with Crippen LogP contribution in [0.2, 0.25) is 0 Å². The lowest BCUT2D eigenvalue weighted by molar-refractivity contribution is -0.140. The van der Waals surface area contributed by atoms with Crippen molar-refractivity contribution in [2.24, 2.45) is 0 Å². The van der Waals surface area contributed by atoms with Gasteiger partial charge in [0.15, 0.2) is 0 Å². The first-order valence-electron chi connectivity index (χ1n) is 11.3. The van der Waals surface area contributed by atoms with Gasteiger partial charge in [-0.05, 0) is 36.8 Å². The number of aliphatic hydroxyl groups is 1. The highest BCUT2D eigenvalue weighted by Gasteiger charge is 2.45. The van der Waals surface area contributed by atoms with E-state index in [4.69, 9.17) is 9.47 Å². The first kappa shape index (κ1) is 25.1. The predicted octanol–water partition coefficient (Wildman–Crippen LogP) is 2.08. The minimum atomic E-state index is -3.71. The zero-order chi connectivity index (χ0) is 25.2. The van der Waals surface area contributed by atoms with Gasteiger partial charge in [0.1, 0.15) is 5.76 Å². The lowest BCUT2D eigenvalue weighted by Crippen LogP contribution is -2.40. The lowest BCUT2D eigenvalue weighted by Gasteiger charge is -2.26. The highest BCUT2D eigenvalue weighted by atomic mass is 32.2. The number of carbonyl (C=O) groups excluding carboxylic acids is 2. The maximum Gasteiger partial charge on any atom is 0.295 e. The number of carbonyl (C=O) groups is 2. The molecule has 1 atom stereocenters. The van der Waals surface area contributed by atoms with Gasteiger partial charge in [0.05, 0.1) is 36.3 Å². The number of aryl methyl sites for hydroxylation is 1. The van der Waals surface area contributed by atoms with Crippen LogP contribution in [0.1, 0.15) is 22.7 Å². The first-order chi connectivity index (χ1) is 16.8. The Hall–Kier alpha value is -3.05. The Balaban J connectivity index is 1.73. The number of ketones is 1. The Kier molecular flexibility index (Phi) is 7.36. The summed E-state index contributed by atoms with van der Waals surface area (Å²) in [5, 5.41) is 11.2. The van der Waals surface area contributed by atoms with Crippen LogP contribution >= 0.6 is 0 Å². The van der Waals surface area contributed by atoms with Gasteiger partial charge >= 0.3 is 0 Å². The number of Topliss-reactive ketones (excluding diaryl/α,β-unsaturated/α-hetero) is 1. The minimum Gasteiger partial charge on any atom is -0.507 e. The molecule has 4 rings (SSSR count). The quantitative estimate of drug-likeness (QED) is 0.352. The van der Waals surface area contributed by atoms with E-state index in [0.29, 0.717) is 18.8 Å². The largest absolute Gasteiger partial charge is 0.507 e. The average Bonchev–Trinajstić information content (AvgIpc) is 3.13. The maximum atomic E-state index is 13.0. The van der Waals surface area contributed by atoms with Crippen molar-refractivity contribution in [3.8, 4) is 0 Å². The second-order valence-electron chi connectivity index (χ2n) is 8.44. The van der Waals surface area contributed by atoms with Crippen molar-refractivity contribution in [2.75, 3.05) is 46.6 Å². The van der Waals surface area contributed by atoms with E-state index in [-0.39, 0.29) is 48.0 Å². The van der Waals surface area contributed by atoms with E-state index in [9.17, 15) is 23.1 Å². The van der Waals surface area contributed by atoms with Gasteiger partial charge in [0.2, 0.25) is 10.0 Å². The molecule has 35 heavy (non-hydrogen) atoms. The van der Waals surface area contributed by atoms with Crippen molar-refractivity contribution >= 4 is 27.5 Å². The van der Waals surface area contributed by atoms with Crippen molar-refractivity contribution in [1.29, 1.82) is 0 Å². The normalized spacial score (nSPS) is 21.0. The van der Waals surface area contributed by atoms with Crippen LogP contribution in [0.4, 0.5) is 0 Å². The number of rotatable bonds is 7. The summed E-state index contributed by atoms with van der Waals surface area (Å²) in [5.74, 6) is -1.88. The summed E-state index contributed by atoms with van der Waals surface area (Å²) in [7, 11) is -2.20. The molecular weight excluding hydrogens is 472 g/mol. The van der Waals surface area contributed by atoms with E-state index in [0.717, 1.165) is 5.56 Å². The fourth-order valence-corrected chi connectivity index (χ4v) is 5.68. The standard InChI is InChI=1S/C25H28N2O7S/c1-17-3-5-18(6-4-17)22-21(24(29)25(30)27(22)13-14-33-2)23(28)19-7-9-20(10-8-19)35(31,32)26-11-15-34-16-12-26/h3-10,22,28H,11-16H2,1-2H3/b23-21+/t22-/m1/s1. The molecular formula is C25H28N2O7S. The van der Waals surface area contributed by atoms with Crippen LogP contribution in [0.3, 0.4) is 0 Å². The number of benzene rings is 2. The van der Waals surface area contributed by atoms with E-state index in [2.05, 4.69) is 0 Å². The first-order valence-corrected chi connectivity index (χ1v) is 12.7. The summed E-state index contributed by atoms with van der Waals surface area (Å²) in [5.41, 5.74) is 1.89. The molecule has 2 aromatic rings. The molecule has 0 saturated carbocycles. The Morgan fingerprint density at radius 3 is 2.29 bits per heavy atom. The predicted molar refractivity (Wildman–Crippen MR) is 128 cm³/mol. The third-order valence-electron chi connectivity index (χ3n) is 6.20. The number of ether oxygens (including phenoxy) is 2. The molecule has 1 amide bonds. The monoisotopic (exact) mass is 500 g/mol. The van der Waals surface area contributed by atoms with Crippen LogP contribution in [0.25, 0.3) is 5.76 Å². The molecule has 10 heteroatoms. The molecule has 2 aliphatic heterocycles. The number of nitrogens with zero attached hydrogens (tertiary/aromatic N) is 2. The second kappa shape index (κ2) is 10.3. The number of hydrogen-bond donors (Lipinski definition) is 1. The summed E-state index contributed by atoms with van der Waals surface area (Å²) in [6, 6.07) is 12.3. The van der Waals surface area contributed by atoms with Gasteiger partial charge in [0, 0.05) is 32.3 Å². The Labute approximate surface area is 204 Å². The fraction of sp³-hybridized carbons (Fsp3) is 0.360. The van der Waals surface area contributed by atoms with Crippen LogP contribution < -0.4 is 0 Å². The smallest absolute Gasteiger partial charge is 0.295 e. The van der Waals surface area contributed by atoms with Gasteiger partial charge in [-0.1, -0.05) is 29.8 Å². The van der Waals surface area contributed by atoms with E-state index >= 15 is 0 Å². The van der Waals surface area contributed by atoms with Crippen molar-refractivity contribution in [3.05, 3.63) is 70.8 Å². The number of hydrogen-bond acceptors (Lipinski definition) is 7. The summed E-state index contributed by atoms with van der Waals surface area (Å²) in [6.45, 7) is 3.53. The third-order valence-corrected chi connectivity index (χ3v) is 8.12. The lowest BCUT2D eigenvalue weighted by atomic mass is 9.95. The molecule has 0 radical (unpaired) electrons. The molecule has 0 aromatic heterocycles. The summed E-state index contributed by atoms with van der Waals surface area (Å²) < 4.78 is 37.5. The molecule has 0 bridgehead atoms. The number of morpholine rings is 1. The van der Waals surface area contributed by atoms with Gasteiger partial charge in [-0.15, -0.1) is 0 Å². The summed E-state index contributed by atoms with van der Waals surface area (Å²) in [4.78, 5) is 27.3. The number of sulfonamides is 1. The van der Waals surface area contributed by atoms with Gasteiger partial charge < -0.3 is 19.5 Å². The van der Waals surface area contributed by atoms with Gasteiger partial charge in [-0.25, -0.2) is 8.42 Å². The van der Waals surface area contributed by atoms with E-state index in [1.807, 2.05) is 31.2 Å². The van der Waals surface area contributed by atoms with E-state index in [1.54, 1.807) is 0 Å². The molecule has 2 heterocycles. The Bertz CT molecular complexity index is 1230. The third kappa shape index (κ3) is 4.87. The van der Waals surface area contributed by atoms with E-state index < -0.39 is 27.8 Å². The number of amides is 1. The Morgan fingerprint density at radius 2 is 1.69 bits per heavy atom. The fourth-order valence-electron chi connectivity index (χ4n) is 4.27.